The molecular formula is C11H18O6S. The van der Waals surface area contributed by atoms with Gasteiger partial charge in [0.15, 0.2) is 15.6 Å². The third-order valence-electron chi connectivity index (χ3n) is 2.92. The highest BCUT2D eigenvalue weighted by atomic mass is 32.2. The lowest BCUT2D eigenvalue weighted by Crippen LogP contribution is -2.27. The zero-order chi connectivity index (χ0) is 13.8. The molecule has 0 N–H and O–H groups in total. The summed E-state index contributed by atoms with van der Waals surface area (Å²) >= 11 is 0. The summed E-state index contributed by atoms with van der Waals surface area (Å²) in [4.78, 5) is 22.4. The number of ketones is 1. The van der Waals surface area contributed by atoms with Crippen LogP contribution in [-0.2, 0) is 28.9 Å². The highest BCUT2D eigenvalue weighted by Crippen LogP contribution is 2.50. The Kier molecular flexibility index (Phi) is 4.86. The van der Waals surface area contributed by atoms with Crippen molar-refractivity contribution in [3.8, 4) is 0 Å². The Morgan fingerprint density at radius 3 is 2.28 bits per heavy atom. The molecular weight excluding hydrogens is 260 g/mol. The summed E-state index contributed by atoms with van der Waals surface area (Å²) in [5, 5.41) is 0. The molecule has 1 aliphatic rings. The van der Waals surface area contributed by atoms with E-state index in [2.05, 4.69) is 9.47 Å². The van der Waals surface area contributed by atoms with Crippen LogP contribution in [0.3, 0.4) is 0 Å². The molecule has 0 unspecified atom stereocenters. The predicted molar refractivity (Wildman–Crippen MR) is 63.8 cm³/mol. The largest absolute Gasteiger partial charge is 0.469 e. The molecule has 0 heterocycles. The number of rotatable bonds is 8. The van der Waals surface area contributed by atoms with Crippen molar-refractivity contribution in [1.29, 1.82) is 0 Å². The van der Waals surface area contributed by atoms with Crippen molar-refractivity contribution < 1.29 is 27.5 Å². The van der Waals surface area contributed by atoms with Crippen LogP contribution >= 0.6 is 0 Å². The fourth-order valence-electron chi connectivity index (χ4n) is 1.89. The summed E-state index contributed by atoms with van der Waals surface area (Å²) in [5.41, 5.74) is -0.515. The van der Waals surface area contributed by atoms with Gasteiger partial charge in [-0.3, -0.25) is 9.59 Å². The molecule has 0 aromatic heterocycles. The van der Waals surface area contributed by atoms with E-state index in [4.69, 9.17) is 0 Å². The van der Waals surface area contributed by atoms with E-state index < -0.39 is 32.8 Å². The summed E-state index contributed by atoms with van der Waals surface area (Å²) in [7, 11) is -0.879. The second kappa shape index (κ2) is 5.79. The van der Waals surface area contributed by atoms with Gasteiger partial charge in [-0.15, -0.1) is 0 Å². The molecule has 0 aromatic carbocycles. The first-order valence-corrected chi connectivity index (χ1v) is 7.42. The fraction of sp³-hybridized carbons (Fsp3) is 0.818. The monoisotopic (exact) mass is 278 g/mol. The zero-order valence-electron chi connectivity index (χ0n) is 10.6. The maximum atomic E-state index is 11.8. The molecule has 18 heavy (non-hydrogen) atoms. The van der Waals surface area contributed by atoms with Crippen LogP contribution in [0.25, 0.3) is 0 Å². The summed E-state index contributed by atoms with van der Waals surface area (Å²) in [5.74, 6) is -1.54. The molecule has 0 saturated heterocycles. The Bertz CT molecular complexity index is 421. The molecule has 0 atom stereocenters. The lowest BCUT2D eigenvalue weighted by molar-refractivity contribution is -0.141. The lowest BCUT2D eigenvalue weighted by Gasteiger charge is -2.13. The van der Waals surface area contributed by atoms with Crippen LogP contribution < -0.4 is 0 Å². The number of Topliss-reactive ketones (excluding diaryl/α,β-unsaturated/α-hetero) is 1. The molecule has 1 saturated carbocycles. The van der Waals surface area contributed by atoms with Crippen molar-refractivity contribution in [3.63, 3.8) is 0 Å². The van der Waals surface area contributed by atoms with Crippen LogP contribution in [0.4, 0.5) is 0 Å². The van der Waals surface area contributed by atoms with Gasteiger partial charge in [0.25, 0.3) is 0 Å². The second-order valence-corrected chi connectivity index (χ2v) is 6.82. The highest BCUT2D eigenvalue weighted by Gasteiger charge is 2.48. The molecule has 0 spiro atoms. The first kappa shape index (κ1) is 15.1. The van der Waals surface area contributed by atoms with Gasteiger partial charge in [-0.25, -0.2) is 8.42 Å². The van der Waals surface area contributed by atoms with Gasteiger partial charge in [-0.05, 0) is 18.3 Å². The number of ether oxygens (including phenoxy) is 2. The molecule has 0 aliphatic heterocycles. The van der Waals surface area contributed by atoms with Gasteiger partial charge in [0, 0.05) is 7.11 Å². The summed E-state index contributed by atoms with van der Waals surface area (Å²) in [6.07, 6.45) is 1.46. The minimum absolute atomic E-state index is 0.0984. The SMILES string of the molecule is COCC(=O)CS(=O)(=O)CC1(CC(=O)OC)CC1. The van der Waals surface area contributed by atoms with Gasteiger partial charge in [-0.2, -0.15) is 0 Å². The number of carbonyl (C=O) groups is 2. The number of methoxy groups -OCH3 is 2. The van der Waals surface area contributed by atoms with Crippen molar-refractivity contribution in [2.75, 3.05) is 32.3 Å². The Balaban J connectivity index is 2.55. The van der Waals surface area contributed by atoms with E-state index in [1.165, 1.54) is 14.2 Å². The fourth-order valence-corrected chi connectivity index (χ4v) is 3.89. The quantitative estimate of drug-likeness (QED) is 0.579. The maximum Gasteiger partial charge on any atom is 0.306 e. The second-order valence-electron chi connectivity index (χ2n) is 4.76. The van der Waals surface area contributed by atoms with E-state index in [0.29, 0.717) is 12.8 Å². The maximum absolute atomic E-state index is 11.8. The van der Waals surface area contributed by atoms with E-state index in [-0.39, 0.29) is 18.8 Å². The van der Waals surface area contributed by atoms with Crippen molar-refractivity contribution >= 4 is 21.6 Å². The van der Waals surface area contributed by atoms with Gasteiger partial charge in [0.2, 0.25) is 0 Å². The minimum atomic E-state index is -3.49. The van der Waals surface area contributed by atoms with E-state index in [1.807, 2.05) is 0 Å². The molecule has 0 bridgehead atoms. The van der Waals surface area contributed by atoms with Gasteiger partial charge in [0.05, 0.1) is 19.3 Å². The standard InChI is InChI=1S/C11H18O6S/c1-16-6-9(12)7-18(14,15)8-11(3-4-11)5-10(13)17-2/h3-8H2,1-2H3. The highest BCUT2D eigenvalue weighted by molar-refractivity contribution is 7.92. The molecule has 0 aromatic rings. The first-order valence-electron chi connectivity index (χ1n) is 5.60. The lowest BCUT2D eigenvalue weighted by atomic mass is 10.1. The molecule has 0 amide bonds. The third-order valence-corrected chi connectivity index (χ3v) is 4.73. The molecule has 1 fully saturated rings. The van der Waals surface area contributed by atoms with Crippen LogP contribution in [0, 0.1) is 5.41 Å². The Morgan fingerprint density at radius 1 is 1.22 bits per heavy atom. The number of sulfone groups is 1. The van der Waals surface area contributed by atoms with E-state index >= 15 is 0 Å². The first-order chi connectivity index (χ1) is 8.32. The molecule has 1 aliphatic carbocycles. The minimum Gasteiger partial charge on any atom is -0.469 e. The summed E-state index contributed by atoms with van der Waals surface area (Å²) in [6.45, 7) is -0.205. The molecule has 0 radical (unpaired) electrons. The predicted octanol–water partition coefficient (Wildman–Crippen LogP) is -0.0400. The molecule has 6 nitrogen and oxygen atoms in total. The Morgan fingerprint density at radius 2 is 1.83 bits per heavy atom. The number of hydrogen-bond donors (Lipinski definition) is 0. The van der Waals surface area contributed by atoms with Crippen LogP contribution in [0.2, 0.25) is 0 Å². The summed E-state index contributed by atoms with van der Waals surface area (Å²) < 4.78 is 32.8. The van der Waals surface area contributed by atoms with Crippen LogP contribution in [0.1, 0.15) is 19.3 Å². The van der Waals surface area contributed by atoms with Crippen molar-refractivity contribution in [2.24, 2.45) is 5.41 Å². The van der Waals surface area contributed by atoms with Gasteiger partial charge in [-0.1, -0.05) is 0 Å². The zero-order valence-corrected chi connectivity index (χ0v) is 11.4. The van der Waals surface area contributed by atoms with Gasteiger partial charge < -0.3 is 9.47 Å². The Hall–Kier alpha value is -0.950. The molecule has 104 valence electrons. The topological polar surface area (TPSA) is 86.7 Å². The average molecular weight is 278 g/mol. The van der Waals surface area contributed by atoms with Crippen molar-refractivity contribution in [1.82, 2.24) is 0 Å². The van der Waals surface area contributed by atoms with E-state index in [1.54, 1.807) is 0 Å². The number of carbonyl (C=O) groups excluding carboxylic acids is 2. The summed E-state index contributed by atoms with van der Waals surface area (Å²) in [6, 6.07) is 0. The van der Waals surface area contributed by atoms with Crippen LogP contribution in [-0.4, -0.2) is 52.5 Å². The van der Waals surface area contributed by atoms with Gasteiger partial charge in [0.1, 0.15) is 12.4 Å². The normalized spacial score (nSPS) is 17.2. The number of esters is 1. The number of hydrogen-bond acceptors (Lipinski definition) is 6. The van der Waals surface area contributed by atoms with Crippen LogP contribution in [0.5, 0.6) is 0 Å². The Labute approximate surface area is 107 Å². The smallest absolute Gasteiger partial charge is 0.306 e. The van der Waals surface area contributed by atoms with Crippen molar-refractivity contribution in [3.05, 3.63) is 0 Å². The average Bonchev–Trinajstić information content (AvgIpc) is 2.95. The third kappa shape index (κ3) is 4.73. The van der Waals surface area contributed by atoms with E-state index in [0.717, 1.165) is 0 Å². The van der Waals surface area contributed by atoms with Gasteiger partial charge >= 0.3 is 5.97 Å². The van der Waals surface area contributed by atoms with E-state index in [9.17, 15) is 18.0 Å². The molecule has 1 rings (SSSR count). The molecule has 7 heteroatoms. The van der Waals surface area contributed by atoms with Crippen molar-refractivity contribution in [2.45, 2.75) is 19.3 Å². The van der Waals surface area contributed by atoms with Crippen LogP contribution in [0.15, 0.2) is 0 Å².